The number of hydrogen-bond acceptors (Lipinski definition) is 3. The van der Waals surface area contributed by atoms with Crippen LogP contribution in [0.3, 0.4) is 0 Å². The number of unbranched alkanes of at least 4 members (excludes halogenated alkanes) is 3. The molecule has 17 heavy (non-hydrogen) atoms. The van der Waals surface area contributed by atoms with Gasteiger partial charge in [0, 0.05) is 12.3 Å². The van der Waals surface area contributed by atoms with Crippen LogP contribution in [0.1, 0.15) is 51.4 Å². The van der Waals surface area contributed by atoms with Crippen LogP contribution in [0.5, 0.6) is 0 Å². The predicted octanol–water partition coefficient (Wildman–Crippen LogP) is 2.00. The van der Waals surface area contributed by atoms with Crippen molar-refractivity contribution in [3.8, 4) is 0 Å². The van der Waals surface area contributed by atoms with Gasteiger partial charge in [-0.15, -0.1) is 0 Å². The quantitative estimate of drug-likeness (QED) is 0.504. The van der Waals surface area contributed by atoms with Gasteiger partial charge in [0.25, 0.3) is 0 Å². The molecule has 0 aliphatic heterocycles. The van der Waals surface area contributed by atoms with Gasteiger partial charge in [0.05, 0.1) is 6.10 Å². The van der Waals surface area contributed by atoms with Crippen molar-refractivity contribution in [3.63, 3.8) is 0 Å². The number of aliphatic hydroxyl groups excluding tert-OH is 1. The number of carbonyl (C=O) groups is 2. The van der Waals surface area contributed by atoms with Crippen molar-refractivity contribution in [1.29, 1.82) is 0 Å². The van der Waals surface area contributed by atoms with Crippen LogP contribution in [-0.2, 0) is 9.59 Å². The second-order valence-corrected chi connectivity index (χ2v) is 4.96. The molecule has 0 aromatic carbocycles. The molecule has 98 valence electrons. The Kier molecular flexibility index (Phi) is 6.19. The predicted molar refractivity (Wildman–Crippen MR) is 63.6 cm³/mol. The molecule has 4 nitrogen and oxygen atoms in total. The number of hydrogen-bond donors (Lipinski definition) is 2. The van der Waals surface area contributed by atoms with Gasteiger partial charge in [0.2, 0.25) is 0 Å². The lowest BCUT2D eigenvalue weighted by Gasteiger charge is -2.17. The van der Waals surface area contributed by atoms with E-state index in [2.05, 4.69) is 0 Å². The third-order valence-corrected chi connectivity index (χ3v) is 3.69. The molecule has 3 atom stereocenters. The van der Waals surface area contributed by atoms with Gasteiger partial charge < -0.3 is 15.0 Å². The number of carboxylic acid groups (broad SMARTS) is 1. The number of rotatable bonds is 8. The Hall–Kier alpha value is -0.900. The summed E-state index contributed by atoms with van der Waals surface area (Å²) in [6, 6.07) is 0. The molecular weight excluding hydrogens is 220 g/mol. The van der Waals surface area contributed by atoms with Crippen molar-refractivity contribution >= 4 is 12.3 Å². The van der Waals surface area contributed by atoms with E-state index in [0.29, 0.717) is 0 Å². The Morgan fingerprint density at radius 2 is 1.88 bits per heavy atom. The summed E-state index contributed by atoms with van der Waals surface area (Å²) >= 11 is 0. The van der Waals surface area contributed by atoms with Crippen LogP contribution in [0, 0.1) is 11.8 Å². The highest BCUT2D eigenvalue weighted by molar-refractivity contribution is 5.66. The van der Waals surface area contributed by atoms with Crippen LogP contribution in [0.15, 0.2) is 0 Å². The number of carboxylic acids is 1. The summed E-state index contributed by atoms with van der Waals surface area (Å²) in [5.74, 6) is -0.576. The van der Waals surface area contributed by atoms with Crippen molar-refractivity contribution < 1.29 is 19.8 Å². The zero-order valence-electron chi connectivity index (χ0n) is 10.2. The fourth-order valence-electron chi connectivity index (χ4n) is 2.66. The maximum absolute atomic E-state index is 10.8. The van der Waals surface area contributed by atoms with Gasteiger partial charge in [-0.2, -0.15) is 0 Å². The highest BCUT2D eigenvalue weighted by Gasteiger charge is 2.33. The zero-order valence-corrected chi connectivity index (χ0v) is 10.2. The first-order valence-electron chi connectivity index (χ1n) is 6.50. The molecule has 1 aliphatic rings. The van der Waals surface area contributed by atoms with Crippen molar-refractivity contribution in [2.24, 2.45) is 11.8 Å². The highest BCUT2D eigenvalue weighted by atomic mass is 16.4. The second kappa shape index (κ2) is 7.43. The molecule has 0 saturated heterocycles. The molecule has 0 aromatic rings. The first-order valence-corrected chi connectivity index (χ1v) is 6.50. The lowest BCUT2D eigenvalue weighted by molar-refractivity contribution is -0.137. The number of aliphatic hydroxyl groups is 1. The standard InChI is InChI=1S/C13H22O4/c14-9-10-7-8-12(15)11(10)5-3-1-2-4-6-13(16)17/h9-12,15H,1-8H2,(H,16,17). The number of carbonyl (C=O) groups excluding carboxylic acids is 1. The summed E-state index contributed by atoms with van der Waals surface area (Å²) in [6.45, 7) is 0. The van der Waals surface area contributed by atoms with Crippen LogP contribution >= 0.6 is 0 Å². The van der Waals surface area contributed by atoms with Crippen molar-refractivity contribution in [2.45, 2.75) is 57.5 Å². The van der Waals surface area contributed by atoms with E-state index in [9.17, 15) is 14.7 Å². The van der Waals surface area contributed by atoms with E-state index in [1.54, 1.807) is 0 Å². The van der Waals surface area contributed by atoms with Gasteiger partial charge in [0.15, 0.2) is 0 Å². The topological polar surface area (TPSA) is 74.6 Å². The van der Waals surface area contributed by atoms with Gasteiger partial charge in [-0.3, -0.25) is 4.79 Å². The summed E-state index contributed by atoms with van der Waals surface area (Å²) in [5.41, 5.74) is 0. The average molecular weight is 242 g/mol. The van der Waals surface area contributed by atoms with Crippen molar-refractivity contribution in [2.75, 3.05) is 0 Å². The van der Waals surface area contributed by atoms with Crippen LogP contribution in [0.25, 0.3) is 0 Å². The summed E-state index contributed by atoms with van der Waals surface area (Å²) in [5, 5.41) is 18.2. The summed E-state index contributed by atoms with van der Waals surface area (Å²) in [4.78, 5) is 21.1. The molecular formula is C13H22O4. The molecule has 1 rings (SSSR count). The molecule has 0 heterocycles. The third-order valence-electron chi connectivity index (χ3n) is 3.69. The summed E-state index contributed by atoms with van der Waals surface area (Å²) in [6.07, 6.45) is 6.95. The summed E-state index contributed by atoms with van der Waals surface area (Å²) in [7, 11) is 0. The third kappa shape index (κ3) is 4.86. The maximum atomic E-state index is 10.8. The van der Waals surface area contributed by atoms with E-state index in [0.717, 1.165) is 51.2 Å². The van der Waals surface area contributed by atoms with Gasteiger partial charge in [-0.05, 0) is 31.6 Å². The Labute approximate surface area is 102 Å². The number of aldehydes is 1. The Morgan fingerprint density at radius 1 is 1.18 bits per heavy atom. The van der Waals surface area contributed by atoms with Gasteiger partial charge in [-0.1, -0.05) is 19.3 Å². The first kappa shape index (κ1) is 14.2. The molecule has 4 heteroatoms. The molecule has 1 saturated carbocycles. The minimum absolute atomic E-state index is 0.0315. The molecule has 0 radical (unpaired) electrons. The van der Waals surface area contributed by atoms with Crippen LogP contribution in [0.4, 0.5) is 0 Å². The van der Waals surface area contributed by atoms with Crippen LogP contribution < -0.4 is 0 Å². The average Bonchev–Trinajstić information content (AvgIpc) is 2.64. The van der Waals surface area contributed by atoms with Gasteiger partial charge in [0.1, 0.15) is 6.29 Å². The van der Waals surface area contributed by atoms with Crippen LogP contribution in [-0.4, -0.2) is 28.6 Å². The molecule has 3 unspecified atom stereocenters. The Balaban J connectivity index is 2.09. The molecule has 2 N–H and O–H groups in total. The minimum Gasteiger partial charge on any atom is -0.481 e. The van der Waals surface area contributed by atoms with Crippen molar-refractivity contribution in [3.05, 3.63) is 0 Å². The van der Waals surface area contributed by atoms with E-state index in [1.165, 1.54) is 0 Å². The van der Waals surface area contributed by atoms with Crippen LogP contribution in [0.2, 0.25) is 0 Å². The van der Waals surface area contributed by atoms with E-state index < -0.39 is 5.97 Å². The normalized spacial score (nSPS) is 28.2. The lowest BCUT2D eigenvalue weighted by Crippen LogP contribution is -2.19. The molecule has 0 bridgehead atoms. The van der Waals surface area contributed by atoms with Gasteiger partial charge >= 0.3 is 5.97 Å². The minimum atomic E-state index is -0.739. The Bertz CT molecular complexity index is 252. The van der Waals surface area contributed by atoms with E-state index >= 15 is 0 Å². The molecule has 1 aliphatic carbocycles. The molecule has 0 amide bonds. The van der Waals surface area contributed by atoms with E-state index in [4.69, 9.17) is 5.11 Å². The molecule has 1 fully saturated rings. The Morgan fingerprint density at radius 3 is 2.53 bits per heavy atom. The van der Waals surface area contributed by atoms with Crippen molar-refractivity contribution in [1.82, 2.24) is 0 Å². The molecule has 0 aromatic heterocycles. The fraction of sp³-hybridized carbons (Fsp3) is 0.846. The largest absolute Gasteiger partial charge is 0.481 e. The number of aliphatic carboxylic acids is 1. The smallest absolute Gasteiger partial charge is 0.303 e. The van der Waals surface area contributed by atoms with E-state index in [1.807, 2.05) is 0 Å². The fourth-order valence-corrected chi connectivity index (χ4v) is 2.66. The first-order chi connectivity index (χ1) is 8.15. The second-order valence-electron chi connectivity index (χ2n) is 4.96. The zero-order chi connectivity index (χ0) is 12.7. The van der Waals surface area contributed by atoms with Gasteiger partial charge in [-0.25, -0.2) is 0 Å². The monoisotopic (exact) mass is 242 g/mol. The van der Waals surface area contributed by atoms with E-state index in [-0.39, 0.29) is 24.4 Å². The lowest BCUT2D eigenvalue weighted by atomic mass is 9.90. The summed E-state index contributed by atoms with van der Waals surface area (Å²) < 4.78 is 0. The molecule has 0 spiro atoms. The maximum Gasteiger partial charge on any atom is 0.303 e. The SMILES string of the molecule is O=CC1CCC(O)C1CCCCCCC(=O)O. The highest BCUT2D eigenvalue weighted by Crippen LogP contribution is 2.34.